The zero-order valence-corrected chi connectivity index (χ0v) is 18.1. The molecular weight excluding hydrogens is 384 g/mol. The number of hydrogen-bond acceptors (Lipinski definition) is 5. The first-order valence-corrected chi connectivity index (χ1v) is 11.2. The van der Waals surface area contributed by atoms with Crippen LogP contribution in [0.2, 0.25) is 0 Å². The summed E-state index contributed by atoms with van der Waals surface area (Å²) in [6.07, 6.45) is 7.41. The van der Waals surface area contributed by atoms with Crippen molar-refractivity contribution in [3.63, 3.8) is 0 Å². The Morgan fingerprint density at radius 2 is 2.00 bits per heavy atom. The van der Waals surface area contributed by atoms with Crippen LogP contribution in [0.15, 0.2) is 6.07 Å². The molecule has 1 N–H and O–H groups in total. The number of fused-ring (bicyclic) bond motifs is 2. The maximum absolute atomic E-state index is 13.0. The first-order chi connectivity index (χ1) is 14.5. The number of nitrogens with zero attached hydrogens (tertiary/aromatic N) is 4. The van der Waals surface area contributed by atoms with Gasteiger partial charge in [0.05, 0.1) is 6.10 Å². The molecule has 2 aliphatic heterocycles. The molecule has 0 bridgehead atoms. The smallest absolute Gasteiger partial charge is 0.290 e. The monoisotopic (exact) mass is 418 g/mol. The molecule has 5 rings (SSSR count). The van der Waals surface area contributed by atoms with E-state index in [0.717, 1.165) is 57.8 Å². The number of hydrogen-bond donors (Lipinski definition) is 1. The average Bonchev–Trinajstić information content (AvgIpc) is 3.10. The summed E-state index contributed by atoms with van der Waals surface area (Å²) >= 11 is 0. The number of rotatable bonds is 5. The van der Waals surface area contributed by atoms with Crippen LogP contribution < -0.4 is 0 Å². The lowest BCUT2D eigenvalue weighted by atomic mass is 9.77. The van der Waals surface area contributed by atoms with Gasteiger partial charge in [0.25, 0.3) is 12.4 Å². The van der Waals surface area contributed by atoms with E-state index < -0.39 is 0 Å². The molecule has 1 amide bonds. The van der Waals surface area contributed by atoms with Crippen molar-refractivity contribution >= 4 is 12.4 Å². The largest absolute Gasteiger partial charge is 0.483 e. The molecule has 30 heavy (non-hydrogen) atoms. The normalized spacial score (nSPS) is 29.9. The van der Waals surface area contributed by atoms with Crippen LogP contribution >= 0.6 is 0 Å². The van der Waals surface area contributed by atoms with E-state index >= 15 is 0 Å². The molecule has 1 aromatic heterocycles. The first-order valence-electron chi connectivity index (χ1n) is 11.2. The molecule has 4 aliphatic rings. The maximum Gasteiger partial charge on any atom is 0.290 e. The minimum Gasteiger partial charge on any atom is -0.483 e. The van der Waals surface area contributed by atoms with Crippen LogP contribution in [0.3, 0.4) is 0 Å². The third-order valence-electron chi connectivity index (χ3n) is 7.16. The lowest BCUT2D eigenvalue weighted by Gasteiger charge is -2.41. The van der Waals surface area contributed by atoms with Crippen LogP contribution in [0.25, 0.3) is 0 Å². The molecule has 1 saturated heterocycles. The molecule has 0 aromatic carbocycles. The standard InChI is InChI=1S/C21H32N4O2.CH2O2/c1-23(2)19-8-15-11-24(12-16(15)9-20(19)27-13-14-5-6-14)21(26)18-10-17-4-3-7-25(17)22-18;2-1-3/h10,14-16,19-20H,3-9,11-13H2,1-2H3;1H,(H,2,3)/t15-,16+,19-,20-;/m1./s1. The van der Waals surface area contributed by atoms with Crippen molar-refractivity contribution < 1.29 is 19.4 Å². The molecule has 8 nitrogen and oxygen atoms in total. The third kappa shape index (κ3) is 4.54. The number of aromatic nitrogens is 2. The fourth-order valence-corrected chi connectivity index (χ4v) is 5.35. The molecule has 3 fully saturated rings. The highest BCUT2D eigenvalue weighted by molar-refractivity contribution is 5.92. The van der Waals surface area contributed by atoms with Crippen molar-refractivity contribution in [1.82, 2.24) is 19.6 Å². The molecular formula is C22H34N4O4. The summed E-state index contributed by atoms with van der Waals surface area (Å²) in [6.45, 7) is 3.38. The SMILES string of the molecule is CN(C)[C@@H]1C[C@@H]2CN(C(=O)c3cc4n(n3)CCC4)C[C@@H]2C[C@H]1OCC1CC1.O=CO. The van der Waals surface area contributed by atoms with Gasteiger partial charge in [-0.1, -0.05) is 0 Å². The van der Waals surface area contributed by atoms with Gasteiger partial charge in [-0.05, 0) is 76.4 Å². The van der Waals surface area contributed by atoms with Crippen molar-refractivity contribution in [1.29, 1.82) is 0 Å². The van der Waals surface area contributed by atoms with E-state index in [9.17, 15) is 4.79 Å². The van der Waals surface area contributed by atoms with Crippen LogP contribution in [0, 0.1) is 17.8 Å². The number of ether oxygens (including phenoxy) is 1. The van der Waals surface area contributed by atoms with Crippen LogP contribution in [0.4, 0.5) is 0 Å². The molecule has 166 valence electrons. The summed E-state index contributed by atoms with van der Waals surface area (Å²) in [6, 6.07) is 2.48. The van der Waals surface area contributed by atoms with Crippen LogP contribution in [-0.2, 0) is 22.5 Å². The summed E-state index contributed by atoms with van der Waals surface area (Å²) < 4.78 is 8.36. The van der Waals surface area contributed by atoms with Gasteiger partial charge in [0, 0.05) is 38.0 Å². The van der Waals surface area contributed by atoms with E-state index in [2.05, 4.69) is 29.0 Å². The topological polar surface area (TPSA) is 87.9 Å². The Labute approximate surface area is 178 Å². The van der Waals surface area contributed by atoms with Crippen LogP contribution in [0.5, 0.6) is 0 Å². The van der Waals surface area contributed by atoms with Crippen molar-refractivity contribution in [3.05, 3.63) is 17.5 Å². The van der Waals surface area contributed by atoms with E-state index in [1.807, 2.05) is 10.7 Å². The van der Waals surface area contributed by atoms with Gasteiger partial charge in [-0.2, -0.15) is 5.10 Å². The highest BCUT2D eigenvalue weighted by Gasteiger charge is 2.45. The predicted molar refractivity (Wildman–Crippen MR) is 111 cm³/mol. The fraction of sp³-hybridized carbons (Fsp3) is 0.773. The number of likely N-dealkylation sites (N-methyl/N-ethyl adjacent to an activating group) is 1. The number of likely N-dealkylation sites (tertiary alicyclic amines) is 1. The predicted octanol–water partition coefficient (Wildman–Crippen LogP) is 1.74. The van der Waals surface area contributed by atoms with Crippen molar-refractivity contribution in [3.8, 4) is 0 Å². The number of carbonyl (C=O) groups is 2. The highest BCUT2D eigenvalue weighted by Crippen LogP contribution is 2.40. The Morgan fingerprint density at radius 1 is 1.30 bits per heavy atom. The van der Waals surface area contributed by atoms with Gasteiger partial charge in [0.2, 0.25) is 0 Å². The molecule has 4 atom stereocenters. The van der Waals surface area contributed by atoms with Crippen LogP contribution in [-0.4, -0.2) is 83.0 Å². The van der Waals surface area contributed by atoms with Crippen LogP contribution in [0.1, 0.15) is 48.3 Å². The molecule has 0 spiro atoms. The minimum absolute atomic E-state index is 0.128. The molecule has 1 aromatic rings. The Bertz CT molecular complexity index is 739. The Morgan fingerprint density at radius 3 is 2.63 bits per heavy atom. The van der Waals surface area contributed by atoms with Gasteiger partial charge < -0.3 is 19.6 Å². The Kier molecular flexibility index (Phi) is 6.43. The van der Waals surface area contributed by atoms with E-state index in [4.69, 9.17) is 14.6 Å². The number of carbonyl (C=O) groups excluding carboxylic acids is 1. The van der Waals surface area contributed by atoms with Gasteiger partial charge in [-0.15, -0.1) is 0 Å². The Hall–Kier alpha value is -1.93. The molecule has 3 heterocycles. The fourth-order valence-electron chi connectivity index (χ4n) is 5.35. The quantitative estimate of drug-likeness (QED) is 0.733. The molecule has 8 heteroatoms. The zero-order valence-electron chi connectivity index (χ0n) is 18.1. The lowest BCUT2D eigenvalue weighted by molar-refractivity contribution is -0.122. The summed E-state index contributed by atoms with van der Waals surface area (Å²) in [7, 11) is 4.34. The van der Waals surface area contributed by atoms with E-state index in [-0.39, 0.29) is 12.4 Å². The van der Waals surface area contributed by atoms with Crippen molar-refractivity contribution in [2.75, 3.05) is 33.8 Å². The zero-order chi connectivity index (χ0) is 21.3. The average molecular weight is 419 g/mol. The molecule has 0 unspecified atom stereocenters. The molecule has 2 saturated carbocycles. The minimum atomic E-state index is -0.250. The van der Waals surface area contributed by atoms with E-state index in [1.165, 1.54) is 18.5 Å². The maximum atomic E-state index is 13.0. The van der Waals surface area contributed by atoms with Crippen molar-refractivity contribution in [2.45, 2.75) is 57.2 Å². The van der Waals surface area contributed by atoms with Gasteiger partial charge >= 0.3 is 0 Å². The van der Waals surface area contributed by atoms with E-state index in [1.54, 1.807) is 0 Å². The summed E-state index contributed by atoms with van der Waals surface area (Å²) in [5.41, 5.74) is 1.87. The number of carboxylic acid groups (broad SMARTS) is 1. The second-order valence-electron chi connectivity index (χ2n) is 9.50. The molecule has 0 radical (unpaired) electrons. The van der Waals surface area contributed by atoms with E-state index in [0.29, 0.717) is 29.7 Å². The number of amides is 1. The lowest BCUT2D eigenvalue weighted by Crippen LogP contribution is -2.48. The molecule has 2 aliphatic carbocycles. The summed E-state index contributed by atoms with van der Waals surface area (Å²) in [5, 5.41) is 11.4. The highest BCUT2D eigenvalue weighted by atomic mass is 16.5. The second kappa shape index (κ2) is 9.06. The summed E-state index contributed by atoms with van der Waals surface area (Å²) in [4.78, 5) is 25.8. The van der Waals surface area contributed by atoms with Gasteiger partial charge in [0.15, 0.2) is 5.69 Å². The Balaban J connectivity index is 0.000000687. The van der Waals surface area contributed by atoms with Gasteiger partial charge in [-0.3, -0.25) is 14.3 Å². The van der Waals surface area contributed by atoms with Gasteiger partial charge in [-0.25, -0.2) is 0 Å². The first kappa shape index (κ1) is 21.3. The number of aryl methyl sites for hydroxylation is 2. The second-order valence-corrected chi connectivity index (χ2v) is 9.50. The van der Waals surface area contributed by atoms with Crippen molar-refractivity contribution in [2.24, 2.45) is 17.8 Å². The summed E-state index contributed by atoms with van der Waals surface area (Å²) in [5.74, 6) is 2.10. The van der Waals surface area contributed by atoms with Gasteiger partial charge in [0.1, 0.15) is 0 Å². The third-order valence-corrected chi connectivity index (χ3v) is 7.16.